The highest BCUT2D eigenvalue weighted by Crippen LogP contribution is 2.46. The molecule has 33 heavy (non-hydrogen) atoms. The first-order chi connectivity index (χ1) is 16.0. The van der Waals surface area contributed by atoms with Crippen molar-refractivity contribution in [3.05, 3.63) is 83.4 Å². The van der Waals surface area contributed by atoms with Crippen LogP contribution in [0.25, 0.3) is 10.8 Å². The van der Waals surface area contributed by atoms with Gasteiger partial charge in [-0.1, -0.05) is 60.5 Å². The van der Waals surface area contributed by atoms with E-state index in [0.717, 1.165) is 29.2 Å². The van der Waals surface area contributed by atoms with Crippen molar-refractivity contribution in [1.82, 2.24) is 16.0 Å². The summed E-state index contributed by atoms with van der Waals surface area (Å²) in [5, 5.41) is 10.5. The van der Waals surface area contributed by atoms with E-state index in [2.05, 4.69) is 73.0 Å². The number of nitrogens with one attached hydrogen (secondary N) is 3. The molecule has 3 N–H and O–H groups in total. The van der Waals surface area contributed by atoms with Crippen LogP contribution in [0.4, 0.5) is 0 Å². The molecule has 0 bridgehead atoms. The molecule has 0 aromatic heterocycles. The Bertz CT molecular complexity index is 1290. The Morgan fingerprint density at radius 3 is 2.33 bits per heavy atom. The lowest BCUT2D eigenvalue weighted by Crippen LogP contribution is -2.40. The molecular weight excluding hydrogens is 482 g/mol. The fraction of sp³-hybridized carbons (Fsp3) is 0.192. The van der Waals surface area contributed by atoms with Gasteiger partial charge < -0.3 is 16.0 Å². The summed E-state index contributed by atoms with van der Waals surface area (Å²) in [6.45, 7) is 0.121. The molecule has 166 valence electrons. The van der Waals surface area contributed by atoms with E-state index in [4.69, 9.17) is 0 Å². The lowest BCUT2D eigenvalue weighted by molar-refractivity contribution is -0.139. The normalized spacial score (nSPS) is 13.4. The number of amides is 3. The van der Waals surface area contributed by atoms with E-state index in [-0.39, 0.29) is 24.5 Å². The van der Waals surface area contributed by atoms with Gasteiger partial charge in [-0.15, -0.1) is 0 Å². The predicted molar refractivity (Wildman–Crippen MR) is 130 cm³/mol. The van der Waals surface area contributed by atoms with Crippen LogP contribution in [0, 0.1) is 10.8 Å². The minimum absolute atomic E-state index is 0.0585. The van der Waals surface area contributed by atoms with E-state index in [9.17, 15) is 14.4 Å². The number of halogens is 1. The molecule has 0 spiro atoms. The highest BCUT2D eigenvalue weighted by Gasteiger charge is 2.46. The molecule has 0 unspecified atom stereocenters. The Balaban J connectivity index is 1.45. The van der Waals surface area contributed by atoms with Crippen LogP contribution in [0.2, 0.25) is 0 Å². The monoisotopic (exact) mass is 503 g/mol. The highest BCUT2D eigenvalue weighted by atomic mass is 79.9. The third kappa shape index (κ3) is 5.24. The molecular formula is C26H22BrN3O3. The number of hydrogen-bond donors (Lipinski definition) is 3. The van der Waals surface area contributed by atoms with E-state index in [1.807, 2.05) is 12.1 Å². The molecule has 0 aliphatic heterocycles. The van der Waals surface area contributed by atoms with Crippen LogP contribution in [0.15, 0.2) is 66.7 Å². The van der Waals surface area contributed by atoms with Gasteiger partial charge >= 0.3 is 11.8 Å². The van der Waals surface area contributed by atoms with Crippen molar-refractivity contribution < 1.29 is 14.4 Å². The maximum atomic E-state index is 13.2. The number of benzene rings is 3. The van der Waals surface area contributed by atoms with Crippen LogP contribution in [0.5, 0.6) is 0 Å². The third-order valence-electron chi connectivity index (χ3n) is 5.72. The summed E-state index contributed by atoms with van der Waals surface area (Å²) < 4.78 is 0. The van der Waals surface area contributed by atoms with Crippen molar-refractivity contribution in [1.29, 1.82) is 0 Å². The van der Waals surface area contributed by atoms with E-state index in [0.29, 0.717) is 11.1 Å². The fourth-order valence-corrected chi connectivity index (χ4v) is 3.91. The van der Waals surface area contributed by atoms with Gasteiger partial charge in [0.25, 0.3) is 5.91 Å². The van der Waals surface area contributed by atoms with Gasteiger partial charge in [0, 0.05) is 28.0 Å². The smallest absolute Gasteiger partial charge is 0.310 e. The van der Waals surface area contributed by atoms with Crippen molar-refractivity contribution in [3.63, 3.8) is 0 Å². The average Bonchev–Trinajstić information content (AvgIpc) is 3.63. The first-order valence-corrected chi connectivity index (χ1v) is 11.4. The zero-order valence-electron chi connectivity index (χ0n) is 17.8. The first-order valence-electron chi connectivity index (χ1n) is 10.6. The third-order valence-corrected chi connectivity index (χ3v) is 6.00. The molecule has 0 heterocycles. The van der Waals surface area contributed by atoms with Crippen molar-refractivity contribution in [2.75, 3.05) is 6.54 Å². The van der Waals surface area contributed by atoms with Crippen LogP contribution in [0.3, 0.4) is 0 Å². The van der Waals surface area contributed by atoms with Crippen molar-refractivity contribution in [2.45, 2.75) is 24.9 Å². The quantitative estimate of drug-likeness (QED) is 0.356. The van der Waals surface area contributed by atoms with Crippen molar-refractivity contribution in [3.8, 4) is 10.8 Å². The predicted octanol–water partition coefficient (Wildman–Crippen LogP) is 3.35. The second kappa shape index (κ2) is 9.88. The second-order valence-corrected chi connectivity index (χ2v) is 8.29. The lowest BCUT2D eigenvalue weighted by Gasteiger charge is -2.20. The summed E-state index contributed by atoms with van der Waals surface area (Å²) in [5.74, 6) is 0.820. The first kappa shape index (κ1) is 22.6. The van der Waals surface area contributed by atoms with Crippen LogP contribution in [-0.2, 0) is 21.7 Å². The molecule has 3 aromatic carbocycles. The molecule has 0 saturated heterocycles. The van der Waals surface area contributed by atoms with Crippen LogP contribution in [-0.4, -0.2) is 24.3 Å². The molecule has 6 nitrogen and oxygen atoms in total. The van der Waals surface area contributed by atoms with Crippen LogP contribution < -0.4 is 16.0 Å². The minimum Gasteiger partial charge on any atom is -0.344 e. The minimum atomic E-state index is -0.781. The maximum absolute atomic E-state index is 13.2. The summed E-state index contributed by atoms with van der Waals surface area (Å²) in [6.07, 6.45) is 1.74. The Kier molecular flexibility index (Phi) is 6.76. The Hall–Kier alpha value is -3.63. The average molecular weight is 504 g/mol. The molecule has 7 heteroatoms. The number of rotatable bonds is 6. The molecule has 0 radical (unpaired) electrons. The molecule has 1 fully saturated rings. The second-order valence-electron chi connectivity index (χ2n) is 7.89. The summed E-state index contributed by atoms with van der Waals surface area (Å²) in [7, 11) is 0. The maximum Gasteiger partial charge on any atom is 0.310 e. The van der Waals surface area contributed by atoms with Crippen molar-refractivity contribution in [2.24, 2.45) is 0 Å². The van der Waals surface area contributed by atoms with E-state index >= 15 is 0 Å². The fourth-order valence-electron chi connectivity index (χ4n) is 3.77. The van der Waals surface area contributed by atoms with Gasteiger partial charge in [-0.3, -0.25) is 14.4 Å². The molecule has 4 rings (SSSR count). The molecule has 1 aliphatic carbocycles. The number of fused-ring (bicyclic) bond motifs is 1. The van der Waals surface area contributed by atoms with Gasteiger partial charge in [-0.25, -0.2) is 0 Å². The van der Waals surface area contributed by atoms with E-state index < -0.39 is 11.8 Å². The Labute approximate surface area is 200 Å². The largest absolute Gasteiger partial charge is 0.344 e. The van der Waals surface area contributed by atoms with Gasteiger partial charge in [-0.2, -0.15) is 0 Å². The zero-order chi connectivity index (χ0) is 23.3. The van der Waals surface area contributed by atoms with Gasteiger partial charge in [0.05, 0.1) is 12.1 Å². The standard InChI is InChI=1S/C26H22BrN3O3/c27-14-5-15-28-24(32)25(33)29-17-20-8-3-4-9-22(20)23(31)30-26(12-13-26)21-11-10-18-6-1-2-7-19(18)16-21/h1-4,6-11,16H,12-13,15,17H2,(H,28,32)(H,29,33)(H,30,31). The molecule has 3 aromatic rings. The van der Waals surface area contributed by atoms with Gasteiger partial charge in [0.15, 0.2) is 0 Å². The molecule has 3 amide bonds. The summed E-state index contributed by atoms with van der Waals surface area (Å²) in [4.78, 5) is 39.5. The Morgan fingerprint density at radius 2 is 1.58 bits per heavy atom. The summed E-state index contributed by atoms with van der Waals surface area (Å²) >= 11 is 2.92. The van der Waals surface area contributed by atoms with Gasteiger partial charge in [-0.05, 0) is 51.7 Å². The van der Waals surface area contributed by atoms with Crippen molar-refractivity contribution >= 4 is 44.4 Å². The lowest BCUT2D eigenvalue weighted by atomic mass is 9.99. The van der Waals surface area contributed by atoms with Gasteiger partial charge in [0.1, 0.15) is 0 Å². The van der Waals surface area contributed by atoms with Crippen LogP contribution in [0.1, 0.15) is 34.3 Å². The number of hydrogen-bond acceptors (Lipinski definition) is 3. The van der Waals surface area contributed by atoms with E-state index in [1.165, 1.54) is 0 Å². The van der Waals surface area contributed by atoms with Crippen LogP contribution >= 0.6 is 15.9 Å². The molecule has 0 atom stereocenters. The summed E-state index contributed by atoms with van der Waals surface area (Å²) in [5.41, 5.74) is 1.80. The van der Waals surface area contributed by atoms with Gasteiger partial charge in [0.2, 0.25) is 0 Å². The molecule has 1 aliphatic rings. The highest BCUT2D eigenvalue weighted by molar-refractivity contribution is 9.12. The number of carbonyl (C=O) groups is 3. The zero-order valence-corrected chi connectivity index (χ0v) is 19.4. The topological polar surface area (TPSA) is 87.3 Å². The van der Waals surface area contributed by atoms with E-state index in [1.54, 1.807) is 24.3 Å². The SMILES string of the molecule is O=C(NCC#CBr)C(=O)NCc1ccccc1C(=O)NC1(c2ccc3ccccc3c2)CC1. The summed E-state index contributed by atoms with van der Waals surface area (Å²) in [6, 6.07) is 21.5. The molecule has 1 saturated carbocycles. The Morgan fingerprint density at radius 1 is 0.879 bits per heavy atom. The number of carbonyl (C=O) groups excluding carboxylic acids is 3.